The van der Waals surface area contributed by atoms with Crippen molar-refractivity contribution in [3.63, 3.8) is 0 Å². The van der Waals surface area contributed by atoms with Crippen LogP contribution in [0.2, 0.25) is 5.02 Å². The monoisotopic (exact) mass is 338 g/mol. The Labute approximate surface area is 143 Å². The van der Waals surface area contributed by atoms with Gasteiger partial charge in [0.05, 0.1) is 6.04 Å². The average molecular weight is 339 g/mol. The Balaban J connectivity index is 2.11. The minimum absolute atomic E-state index is 0.0865. The van der Waals surface area contributed by atoms with E-state index in [1.165, 1.54) is 0 Å². The van der Waals surface area contributed by atoms with Gasteiger partial charge >= 0.3 is 0 Å². The molecule has 1 aliphatic rings. The van der Waals surface area contributed by atoms with Crippen LogP contribution in [0.3, 0.4) is 0 Å². The lowest BCUT2D eigenvalue weighted by Gasteiger charge is -2.38. The molecule has 1 atom stereocenters. The van der Waals surface area contributed by atoms with Gasteiger partial charge in [0.15, 0.2) is 0 Å². The maximum absolute atomic E-state index is 12.3. The molecule has 1 amide bonds. The Morgan fingerprint density at radius 1 is 1.35 bits per heavy atom. The Bertz CT molecular complexity index is 528. The molecule has 4 nitrogen and oxygen atoms in total. The average Bonchev–Trinajstić information content (AvgIpc) is 2.53. The quantitative estimate of drug-likeness (QED) is 0.838. The second-order valence-electron chi connectivity index (χ2n) is 6.83. The summed E-state index contributed by atoms with van der Waals surface area (Å²) >= 11 is 6.42. The molecule has 1 aromatic carbocycles. The molecule has 0 saturated carbocycles. The number of carbonyl (C=O) groups excluding carboxylic acids is 1. The van der Waals surface area contributed by atoms with Gasteiger partial charge in [0, 0.05) is 30.2 Å². The van der Waals surface area contributed by atoms with E-state index in [0.29, 0.717) is 32.1 Å². The minimum atomic E-state index is -0.460. The zero-order valence-electron chi connectivity index (χ0n) is 14.0. The number of nitrogens with one attached hydrogen (secondary N) is 1. The Morgan fingerprint density at radius 3 is 2.61 bits per heavy atom. The molecule has 0 spiro atoms. The van der Waals surface area contributed by atoms with Crippen LogP contribution in [0.1, 0.15) is 38.7 Å². The van der Waals surface area contributed by atoms with E-state index in [-0.39, 0.29) is 11.3 Å². The van der Waals surface area contributed by atoms with E-state index < -0.39 is 6.04 Å². The summed E-state index contributed by atoms with van der Waals surface area (Å²) < 4.78 is 5.51. The van der Waals surface area contributed by atoms with Crippen molar-refractivity contribution in [3.05, 3.63) is 34.9 Å². The molecule has 3 N–H and O–H groups in total. The van der Waals surface area contributed by atoms with Crippen LogP contribution in [0.25, 0.3) is 0 Å². The lowest BCUT2D eigenvalue weighted by molar-refractivity contribution is -0.123. The van der Waals surface area contributed by atoms with Crippen molar-refractivity contribution in [2.75, 3.05) is 19.8 Å². The highest BCUT2D eigenvalue weighted by Gasteiger charge is 2.36. The number of ether oxygens (including phenoxy) is 1. The molecule has 1 saturated heterocycles. The topological polar surface area (TPSA) is 64.4 Å². The molecule has 23 heavy (non-hydrogen) atoms. The standard InChI is InChI=1S/C18H27ClN2O2/c1-13(2)11-16(20)17(22)21-12-18(7-9-23-10-8-18)14-5-3-4-6-15(14)19/h3-6,13,16H,7-12,20H2,1-2H3,(H,21,22)/t16-/m0/s1. The van der Waals surface area contributed by atoms with E-state index in [9.17, 15) is 4.79 Å². The predicted octanol–water partition coefficient (Wildman–Crippen LogP) is 2.88. The molecule has 0 radical (unpaired) electrons. The zero-order chi connectivity index (χ0) is 16.9. The van der Waals surface area contributed by atoms with Gasteiger partial charge in [0.25, 0.3) is 0 Å². The molecule has 1 aliphatic heterocycles. The minimum Gasteiger partial charge on any atom is -0.381 e. The molecule has 128 valence electrons. The summed E-state index contributed by atoms with van der Waals surface area (Å²) in [5.41, 5.74) is 6.89. The first kappa shape index (κ1) is 18.2. The van der Waals surface area contributed by atoms with Gasteiger partial charge in [-0.15, -0.1) is 0 Å². The summed E-state index contributed by atoms with van der Waals surface area (Å²) in [5, 5.41) is 3.79. The van der Waals surface area contributed by atoms with Gasteiger partial charge in [-0.25, -0.2) is 0 Å². The molecular formula is C18H27ClN2O2. The zero-order valence-corrected chi connectivity index (χ0v) is 14.7. The molecule has 5 heteroatoms. The van der Waals surface area contributed by atoms with Gasteiger partial charge in [0.2, 0.25) is 5.91 Å². The molecular weight excluding hydrogens is 312 g/mol. The van der Waals surface area contributed by atoms with Gasteiger partial charge < -0.3 is 15.8 Å². The van der Waals surface area contributed by atoms with Crippen LogP contribution < -0.4 is 11.1 Å². The Morgan fingerprint density at radius 2 is 2.00 bits per heavy atom. The number of hydrogen-bond acceptors (Lipinski definition) is 3. The molecule has 1 aromatic rings. The van der Waals surface area contributed by atoms with Crippen molar-refractivity contribution in [2.45, 2.75) is 44.6 Å². The lowest BCUT2D eigenvalue weighted by atomic mass is 9.74. The number of hydrogen-bond donors (Lipinski definition) is 2. The van der Waals surface area contributed by atoms with E-state index in [2.05, 4.69) is 19.2 Å². The van der Waals surface area contributed by atoms with Gasteiger partial charge in [-0.2, -0.15) is 0 Å². The largest absolute Gasteiger partial charge is 0.381 e. The van der Waals surface area contributed by atoms with Crippen LogP contribution in [0.4, 0.5) is 0 Å². The second-order valence-corrected chi connectivity index (χ2v) is 7.23. The SMILES string of the molecule is CC(C)C[C@H](N)C(=O)NCC1(c2ccccc2Cl)CCOCC1. The predicted molar refractivity (Wildman–Crippen MR) is 93.6 cm³/mol. The van der Waals surface area contributed by atoms with Crippen molar-refractivity contribution < 1.29 is 9.53 Å². The third-order valence-corrected chi connectivity index (χ3v) is 4.89. The number of nitrogens with two attached hydrogens (primary N) is 1. The van der Waals surface area contributed by atoms with E-state index in [1.807, 2.05) is 24.3 Å². The summed E-state index contributed by atoms with van der Waals surface area (Å²) in [5.74, 6) is 0.313. The second kappa shape index (κ2) is 8.13. The van der Waals surface area contributed by atoms with Crippen LogP contribution in [0.5, 0.6) is 0 Å². The number of rotatable bonds is 6. The molecule has 1 heterocycles. The molecule has 0 aromatic heterocycles. The smallest absolute Gasteiger partial charge is 0.236 e. The molecule has 1 fully saturated rings. The highest BCUT2D eigenvalue weighted by Crippen LogP contribution is 2.38. The number of benzene rings is 1. The maximum Gasteiger partial charge on any atom is 0.236 e. The van der Waals surface area contributed by atoms with Crippen molar-refractivity contribution in [3.8, 4) is 0 Å². The van der Waals surface area contributed by atoms with Crippen molar-refractivity contribution >= 4 is 17.5 Å². The lowest BCUT2D eigenvalue weighted by Crippen LogP contribution is -2.49. The number of halogens is 1. The van der Waals surface area contributed by atoms with Crippen LogP contribution in [-0.4, -0.2) is 31.7 Å². The van der Waals surface area contributed by atoms with Crippen LogP contribution in [0.15, 0.2) is 24.3 Å². The van der Waals surface area contributed by atoms with Crippen molar-refractivity contribution in [1.29, 1.82) is 0 Å². The summed E-state index contributed by atoms with van der Waals surface area (Å²) in [6.07, 6.45) is 2.38. The Kier molecular flexibility index (Phi) is 6.45. The summed E-state index contributed by atoms with van der Waals surface area (Å²) in [6.45, 7) is 6.04. The fourth-order valence-electron chi connectivity index (χ4n) is 3.20. The maximum atomic E-state index is 12.3. The third-order valence-electron chi connectivity index (χ3n) is 4.56. The van der Waals surface area contributed by atoms with Crippen LogP contribution in [-0.2, 0) is 14.9 Å². The van der Waals surface area contributed by atoms with Gasteiger partial charge in [-0.1, -0.05) is 43.6 Å². The van der Waals surface area contributed by atoms with Gasteiger partial charge in [-0.05, 0) is 36.8 Å². The highest BCUT2D eigenvalue weighted by molar-refractivity contribution is 6.31. The third kappa shape index (κ3) is 4.69. The highest BCUT2D eigenvalue weighted by atomic mass is 35.5. The molecule has 0 aliphatic carbocycles. The van der Waals surface area contributed by atoms with Crippen LogP contribution in [0, 0.1) is 5.92 Å². The molecule has 0 bridgehead atoms. The van der Waals surface area contributed by atoms with E-state index in [4.69, 9.17) is 22.1 Å². The number of carbonyl (C=O) groups is 1. The van der Waals surface area contributed by atoms with E-state index in [0.717, 1.165) is 23.4 Å². The van der Waals surface area contributed by atoms with Crippen molar-refractivity contribution in [2.24, 2.45) is 11.7 Å². The first-order valence-electron chi connectivity index (χ1n) is 8.31. The van der Waals surface area contributed by atoms with E-state index in [1.54, 1.807) is 0 Å². The summed E-state index contributed by atoms with van der Waals surface area (Å²) in [4.78, 5) is 12.3. The Hall–Kier alpha value is -1.10. The molecule has 0 unspecified atom stereocenters. The summed E-state index contributed by atoms with van der Waals surface area (Å²) in [7, 11) is 0. The van der Waals surface area contributed by atoms with Gasteiger partial charge in [0.1, 0.15) is 0 Å². The van der Waals surface area contributed by atoms with Gasteiger partial charge in [-0.3, -0.25) is 4.79 Å². The molecule has 2 rings (SSSR count). The normalized spacial score (nSPS) is 18.7. The first-order chi connectivity index (χ1) is 10.9. The van der Waals surface area contributed by atoms with Crippen LogP contribution >= 0.6 is 11.6 Å². The fraction of sp³-hybridized carbons (Fsp3) is 0.611. The first-order valence-corrected chi connectivity index (χ1v) is 8.68. The summed E-state index contributed by atoms with van der Waals surface area (Å²) in [6, 6.07) is 7.41. The fourth-order valence-corrected chi connectivity index (χ4v) is 3.53. The van der Waals surface area contributed by atoms with E-state index >= 15 is 0 Å². The number of amides is 1. The van der Waals surface area contributed by atoms with Crippen molar-refractivity contribution in [1.82, 2.24) is 5.32 Å².